The third-order valence-electron chi connectivity index (χ3n) is 2.89. The molecule has 1 fully saturated rings. The van der Waals surface area contributed by atoms with E-state index in [4.69, 9.17) is 9.84 Å². The van der Waals surface area contributed by atoms with Gasteiger partial charge in [0.2, 0.25) is 0 Å². The molecule has 0 unspecified atom stereocenters. The van der Waals surface area contributed by atoms with Crippen molar-refractivity contribution in [1.82, 2.24) is 10.2 Å². The van der Waals surface area contributed by atoms with Crippen molar-refractivity contribution < 1.29 is 19.4 Å². The van der Waals surface area contributed by atoms with Crippen LogP contribution in [0, 0.1) is 0 Å². The maximum absolute atomic E-state index is 11.5. The largest absolute Gasteiger partial charge is 0.492 e. The molecule has 19 heavy (non-hydrogen) atoms. The number of aromatic carboxylic acids is 1. The van der Waals surface area contributed by atoms with Crippen LogP contribution in [0.1, 0.15) is 16.8 Å². The number of nitrogens with zero attached hydrogens (tertiary/aromatic N) is 1. The number of amides is 2. The van der Waals surface area contributed by atoms with E-state index in [2.05, 4.69) is 5.32 Å². The normalized spacial score (nSPS) is 13.6. The first-order valence-corrected chi connectivity index (χ1v) is 6.16. The third kappa shape index (κ3) is 3.61. The summed E-state index contributed by atoms with van der Waals surface area (Å²) in [4.78, 5) is 23.8. The lowest BCUT2D eigenvalue weighted by atomic mass is 10.2. The number of ether oxygens (including phenoxy) is 1. The van der Waals surface area contributed by atoms with Gasteiger partial charge in [-0.3, -0.25) is 0 Å². The van der Waals surface area contributed by atoms with Crippen LogP contribution in [0.3, 0.4) is 0 Å². The van der Waals surface area contributed by atoms with E-state index in [0.717, 1.165) is 19.5 Å². The van der Waals surface area contributed by atoms with Crippen LogP contribution in [-0.4, -0.2) is 48.2 Å². The van der Waals surface area contributed by atoms with Crippen LogP contribution in [0.5, 0.6) is 5.75 Å². The van der Waals surface area contributed by atoms with Gasteiger partial charge in [0.05, 0.1) is 12.1 Å². The zero-order chi connectivity index (χ0) is 13.7. The molecule has 0 atom stereocenters. The highest BCUT2D eigenvalue weighted by Gasteiger charge is 2.19. The molecule has 1 saturated heterocycles. The lowest BCUT2D eigenvalue weighted by Crippen LogP contribution is -2.48. The first kappa shape index (κ1) is 13.2. The average molecular weight is 264 g/mol. The molecule has 2 rings (SSSR count). The van der Waals surface area contributed by atoms with Crippen molar-refractivity contribution in [2.45, 2.75) is 6.42 Å². The molecule has 2 N–H and O–H groups in total. The number of hydrogen-bond acceptors (Lipinski definition) is 3. The molecule has 0 aliphatic carbocycles. The number of urea groups is 1. The zero-order valence-electron chi connectivity index (χ0n) is 10.5. The van der Waals surface area contributed by atoms with Gasteiger partial charge in [-0.2, -0.15) is 0 Å². The van der Waals surface area contributed by atoms with Crippen LogP contribution >= 0.6 is 0 Å². The molecule has 1 aromatic carbocycles. The van der Waals surface area contributed by atoms with Gasteiger partial charge in [-0.05, 0) is 30.7 Å². The van der Waals surface area contributed by atoms with Gasteiger partial charge < -0.3 is 20.1 Å². The van der Waals surface area contributed by atoms with E-state index in [-0.39, 0.29) is 11.6 Å². The predicted octanol–water partition coefficient (Wildman–Crippen LogP) is 1.18. The summed E-state index contributed by atoms with van der Waals surface area (Å²) in [7, 11) is 0. The number of carboxylic acid groups (broad SMARTS) is 1. The Morgan fingerprint density at radius 3 is 2.47 bits per heavy atom. The summed E-state index contributed by atoms with van der Waals surface area (Å²) < 4.78 is 5.40. The monoisotopic (exact) mass is 264 g/mol. The maximum atomic E-state index is 11.5. The minimum atomic E-state index is -0.964. The van der Waals surface area contributed by atoms with Crippen molar-refractivity contribution in [2.75, 3.05) is 26.2 Å². The Morgan fingerprint density at radius 1 is 1.26 bits per heavy atom. The Bertz CT molecular complexity index is 454. The summed E-state index contributed by atoms with van der Waals surface area (Å²) in [5.74, 6) is -0.378. The number of carbonyl (C=O) groups excluding carboxylic acids is 1. The van der Waals surface area contributed by atoms with Crippen molar-refractivity contribution in [3.8, 4) is 5.75 Å². The average Bonchev–Trinajstić information content (AvgIpc) is 2.33. The minimum Gasteiger partial charge on any atom is -0.492 e. The highest BCUT2D eigenvalue weighted by atomic mass is 16.5. The maximum Gasteiger partial charge on any atom is 0.335 e. The quantitative estimate of drug-likeness (QED) is 0.783. The number of benzene rings is 1. The summed E-state index contributed by atoms with van der Waals surface area (Å²) in [5, 5.41) is 11.5. The molecule has 2 amide bonds. The van der Waals surface area contributed by atoms with Gasteiger partial charge in [0.1, 0.15) is 12.4 Å². The molecule has 0 saturated carbocycles. The van der Waals surface area contributed by atoms with Gasteiger partial charge in [0, 0.05) is 13.1 Å². The lowest BCUT2D eigenvalue weighted by Gasteiger charge is -2.30. The fourth-order valence-corrected chi connectivity index (χ4v) is 1.65. The van der Waals surface area contributed by atoms with Gasteiger partial charge in [-0.25, -0.2) is 9.59 Å². The molecule has 1 aliphatic heterocycles. The Kier molecular flexibility index (Phi) is 4.22. The summed E-state index contributed by atoms with van der Waals surface area (Å²) in [6, 6.07) is 6.10. The second-order valence-electron chi connectivity index (χ2n) is 4.25. The predicted molar refractivity (Wildman–Crippen MR) is 68.5 cm³/mol. The van der Waals surface area contributed by atoms with Crippen LogP contribution in [0.15, 0.2) is 24.3 Å². The van der Waals surface area contributed by atoms with E-state index in [1.165, 1.54) is 12.1 Å². The van der Waals surface area contributed by atoms with Crippen LogP contribution in [0.25, 0.3) is 0 Å². The van der Waals surface area contributed by atoms with E-state index in [0.29, 0.717) is 18.9 Å². The molecule has 6 nitrogen and oxygen atoms in total. The fraction of sp³-hybridized carbons (Fsp3) is 0.385. The van der Waals surface area contributed by atoms with Crippen LogP contribution in [0.4, 0.5) is 4.79 Å². The fourth-order valence-electron chi connectivity index (χ4n) is 1.65. The van der Waals surface area contributed by atoms with Gasteiger partial charge in [0.15, 0.2) is 0 Å². The number of likely N-dealkylation sites (tertiary alicyclic amines) is 1. The topological polar surface area (TPSA) is 78.9 Å². The Balaban J connectivity index is 1.67. The molecule has 1 heterocycles. The van der Waals surface area contributed by atoms with E-state index in [1.807, 2.05) is 0 Å². The number of hydrogen-bond donors (Lipinski definition) is 2. The molecule has 6 heteroatoms. The highest BCUT2D eigenvalue weighted by molar-refractivity contribution is 5.87. The number of nitrogens with one attached hydrogen (secondary N) is 1. The van der Waals surface area contributed by atoms with Gasteiger partial charge in [-0.1, -0.05) is 0 Å². The number of carboxylic acids is 1. The van der Waals surface area contributed by atoms with Crippen LogP contribution in [-0.2, 0) is 0 Å². The van der Waals surface area contributed by atoms with Gasteiger partial charge >= 0.3 is 12.0 Å². The van der Waals surface area contributed by atoms with Crippen LogP contribution in [0.2, 0.25) is 0 Å². The molecule has 0 spiro atoms. The zero-order valence-corrected chi connectivity index (χ0v) is 10.5. The molecular formula is C13H16N2O4. The standard InChI is InChI=1S/C13H16N2O4/c16-12(17)10-2-4-11(5-3-10)19-9-6-14-13(18)15-7-1-8-15/h2-5H,1,6-9H2,(H,14,18)(H,16,17). The smallest absolute Gasteiger partial charge is 0.335 e. The minimum absolute atomic E-state index is 0.0592. The van der Waals surface area contributed by atoms with Gasteiger partial charge in [0.25, 0.3) is 0 Å². The van der Waals surface area contributed by atoms with E-state index >= 15 is 0 Å². The lowest BCUT2D eigenvalue weighted by molar-refractivity contribution is 0.0697. The van der Waals surface area contributed by atoms with Crippen molar-refractivity contribution >= 4 is 12.0 Å². The van der Waals surface area contributed by atoms with Crippen LogP contribution < -0.4 is 10.1 Å². The van der Waals surface area contributed by atoms with Crippen molar-refractivity contribution in [3.05, 3.63) is 29.8 Å². The molecule has 1 aromatic rings. The Labute approximate surface area is 111 Å². The first-order valence-electron chi connectivity index (χ1n) is 6.16. The summed E-state index contributed by atoms with van der Waals surface area (Å²) in [6.07, 6.45) is 1.07. The second kappa shape index (κ2) is 6.08. The SMILES string of the molecule is O=C(O)c1ccc(OCCNC(=O)N2CCC2)cc1. The third-order valence-corrected chi connectivity index (χ3v) is 2.89. The molecule has 0 radical (unpaired) electrons. The number of carbonyl (C=O) groups is 2. The summed E-state index contributed by atoms with van der Waals surface area (Å²) in [5.41, 5.74) is 0.221. The molecule has 1 aliphatic rings. The molecule has 0 bridgehead atoms. The van der Waals surface area contributed by atoms with E-state index in [1.54, 1.807) is 17.0 Å². The molecule has 0 aromatic heterocycles. The van der Waals surface area contributed by atoms with E-state index < -0.39 is 5.97 Å². The van der Waals surface area contributed by atoms with Crippen molar-refractivity contribution in [1.29, 1.82) is 0 Å². The highest BCUT2D eigenvalue weighted by Crippen LogP contribution is 2.11. The first-order chi connectivity index (χ1) is 9.16. The van der Waals surface area contributed by atoms with Crippen molar-refractivity contribution in [3.63, 3.8) is 0 Å². The molecule has 102 valence electrons. The van der Waals surface area contributed by atoms with E-state index in [9.17, 15) is 9.59 Å². The Morgan fingerprint density at radius 2 is 1.95 bits per heavy atom. The number of rotatable bonds is 5. The molecular weight excluding hydrogens is 248 g/mol. The van der Waals surface area contributed by atoms with Gasteiger partial charge in [-0.15, -0.1) is 0 Å². The Hall–Kier alpha value is -2.24. The summed E-state index contributed by atoms with van der Waals surface area (Å²) >= 11 is 0. The second-order valence-corrected chi connectivity index (χ2v) is 4.25. The van der Waals surface area contributed by atoms with Crippen molar-refractivity contribution in [2.24, 2.45) is 0 Å². The summed E-state index contributed by atoms with van der Waals surface area (Å²) in [6.45, 7) is 2.43.